The fourth-order valence-corrected chi connectivity index (χ4v) is 2.31. The van der Waals surface area contributed by atoms with E-state index >= 15 is 0 Å². The highest BCUT2D eigenvalue weighted by Crippen LogP contribution is 2.24. The second-order valence-electron chi connectivity index (χ2n) is 4.53. The molecule has 5 heteroatoms. The van der Waals surface area contributed by atoms with Gasteiger partial charge in [0, 0.05) is 7.05 Å². The van der Waals surface area contributed by atoms with Crippen LogP contribution in [0.3, 0.4) is 0 Å². The van der Waals surface area contributed by atoms with Crippen LogP contribution in [0.4, 0.5) is 0 Å². The third-order valence-electron chi connectivity index (χ3n) is 3.67. The third kappa shape index (κ3) is 2.54. The maximum Gasteiger partial charge on any atom is 0.160 e. The molecule has 0 saturated heterocycles. The topological polar surface area (TPSA) is 51.0 Å². The van der Waals surface area contributed by atoms with Crippen LogP contribution < -0.4 is 0 Å². The Morgan fingerprint density at radius 2 is 2.00 bits per heavy atom. The zero-order chi connectivity index (χ0) is 13.1. The Bertz CT molecular complexity index is 380. The van der Waals surface area contributed by atoms with E-state index in [0.29, 0.717) is 6.42 Å². The molecule has 0 fully saturated rings. The lowest BCUT2D eigenvalue weighted by atomic mass is 9.85. The van der Waals surface area contributed by atoms with E-state index in [0.717, 1.165) is 18.7 Å². The van der Waals surface area contributed by atoms with Crippen molar-refractivity contribution in [3.8, 4) is 0 Å². The minimum Gasteiger partial charge on any atom is -0.297 e. The molecule has 1 heterocycles. The Balaban J connectivity index is 2.91. The van der Waals surface area contributed by atoms with Gasteiger partial charge in [0.05, 0.1) is 12.0 Å². The average molecular weight is 238 g/mol. The molecular weight excluding hydrogens is 216 g/mol. The summed E-state index contributed by atoms with van der Waals surface area (Å²) < 4.78 is 1.66. The summed E-state index contributed by atoms with van der Waals surface area (Å²) in [5.74, 6) is 0.937. The number of aromatic nitrogens is 3. The van der Waals surface area contributed by atoms with Gasteiger partial charge in [0.25, 0.3) is 0 Å². The number of Topliss-reactive ketones (excluding diaryl/α,β-unsaturated/α-hetero) is 1. The van der Waals surface area contributed by atoms with Crippen molar-refractivity contribution >= 4 is 5.78 Å². The number of hydrogen-bond acceptors (Lipinski definition) is 4. The van der Waals surface area contributed by atoms with Crippen molar-refractivity contribution in [2.45, 2.75) is 38.6 Å². The highest BCUT2D eigenvalue weighted by Gasteiger charge is 2.37. The second-order valence-corrected chi connectivity index (χ2v) is 4.53. The lowest BCUT2D eigenvalue weighted by Crippen LogP contribution is -2.51. The summed E-state index contributed by atoms with van der Waals surface area (Å²) in [7, 11) is 5.73. The van der Waals surface area contributed by atoms with Gasteiger partial charge in [-0.3, -0.25) is 14.4 Å². The summed E-state index contributed by atoms with van der Waals surface area (Å²) in [5, 5.41) is 3.99. The lowest BCUT2D eigenvalue weighted by molar-refractivity contribution is -0.129. The first kappa shape index (κ1) is 13.8. The summed E-state index contributed by atoms with van der Waals surface area (Å²) in [6, 6.07) is 0. The van der Waals surface area contributed by atoms with Gasteiger partial charge < -0.3 is 0 Å². The molecule has 5 nitrogen and oxygen atoms in total. The third-order valence-corrected chi connectivity index (χ3v) is 3.67. The van der Waals surface area contributed by atoms with Gasteiger partial charge in [0.1, 0.15) is 12.2 Å². The van der Waals surface area contributed by atoms with Crippen LogP contribution in [0.25, 0.3) is 0 Å². The van der Waals surface area contributed by atoms with Crippen molar-refractivity contribution in [2.24, 2.45) is 7.05 Å². The average Bonchev–Trinajstić information content (AvgIpc) is 2.66. The standard InChI is InChI=1S/C12H22N4O/c1-6-12(7-2,15(3)4)10(17)8-11-13-9-14-16(11)5/h9H,6-8H2,1-5H3. The van der Waals surface area contributed by atoms with Gasteiger partial charge in [-0.05, 0) is 26.9 Å². The van der Waals surface area contributed by atoms with Crippen LogP contribution >= 0.6 is 0 Å². The van der Waals surface area contributed by atoms with Gasteiger partial charge >= 0.3 is 0 Å². The zero-order valence-corrected chi connectivity index (χ0v) is 11.4. The maximum absolute atomic E-state index is 12.5. The van der Waals surface area contributed by atoms with Crippen LogP contribution in [-0.4, -0.2) is 45.1 Å². The number of rotatable bonds is 6. The summed E-state index contributed by atoms with van der Waals surface area (Å²) in [5.41, 5.74) is -0.383. The van der Waals surface area contributed by atoms with Gasteiger partial charge in [-0.15, -0.1) is 0 Å². The molecule has 0 bridgehead atoms. The molecule has 0 aliphatic heterocycles. The largest absolute Gasteiger partial charge is 0.297 e. The zero-order valence-electron chi connectivity index (χ0n) is 11.4. The van der Waals surface area contributed by atoms with Crippen molar-refractivity contribution in [1.82, 2.24) is 19.7 Å². The molecule has 17 heavy (non-hydrogen) atoms. The minimum atomic E-state index is -0.383. The van der Waals surface area contributed by atoms with Crippen LogP contribution in [0, 0.1) is 0 Å². The molecule has 1 aromatic heterocycles. The molecular formula is C12H22N4O. The highest BCUT2D eigenvalue weighted by atomic mass is 16.1. The van der Waals surface area contributed by atoms with Crippen LogP contribution in [0.5, 0.6) is 0 Å². The molecule has 0 aliphatic rings. The van der Waals surface area contributed by atoms with Gasteiger partial charge in [-0.1, -0.05) is 13.8 Å². The predicted octanol–water partition coefficient (Wildman–Crippen LogP) is 1.05. The van der Waals surface area contributed by atoms with E-state index in [1.54, 1.807) is 4.68 Å². The molecule has 96 valence electrons. The first-order valence-electron chi connectivity index (χ1n) is 6.01. The molecule has 1 aromatic rings. The molecule has 0 N–H and O–H groups in total. The summed E-state index contributed by atoms with van der Waals surface area (Å²) >= 11 is 0. The fourth-order valence-electron chi connectivity index (χ4n) is 2.31. The van der Waals surface area contributed by atoms with Crippen molar-refractivity contribution in [3.63, 3.8) is 0 Å². The van der Waals surface area contributed by atoms with E-state index < -0.39 is 0 Å². The minimum absolute atomic E-state index is 0.212. The quantitative estimate of drug-likeness (QED) is 0.743. The van der Waals surface area contributed by atoms with E-state index in [-0.39, 0.29) is 11.3 Å². The van der Waals surface area contributed by atoms with Crippen LogP contribution in [0.2, 0.25) is 0 Å². The molecule has 0 aromatic carbocycles. The molecule has 0 radical (unpaired) electrons. The van der Waals surface area contributed by atoms with Gasteiger partial charge in [-0.25, -0.2) is 4.98 Å². The van der Waals surface area contributed by atoms with E-state index in [1.165, 1.54) is 6.33 Å². The number of likely N-dealkylation sites (N-methyl/N-ethyl adjacent to an activating group) is 1. The van der Waals surface area contributed by atoms with Crippen LogP contribution in [-0.2, 0) is 18.3 Å². The summed E-state index contributed by atoms with van der Waals surface area (Å²) in [6.45, 7) is 4.11. The summed E-state index contributed by atoms with van der Waals surface area (Å²) in [6.07, 6.45) is 3.45. The highest BCUT2D eigenvalue weighted by molar-refractivity contribution is 5.89. The first-order chi connectivity index (χ1) is 7.97. The number of carbonyl (C=O) groups excluding carboxylic acids is 1. The SMILES string of the molecule is CCC(CC)(C(=O)Cc1ncnn1C)N(C)C. The number of aryl methyl sites for hydroxylation is 1. The number of carbonyl (C=O) groups is 1. The number of ketones is 1. The second kappa shape index (κ2) is 5.40. The van der Waals surface area contributed by atoms with Gasteiger partial charge in [-0.2, -0.15) is 5.10 Å². The van der Waals surface area contributed by atoms with E-state index in [1.807, 2.05) is 26.0 Å². The Labute approximate surface area is 103 Å². The molecule has 0 atom stereocenters. The van der Waals surface area contributed by atoms with E-state index in [2.05, 4.69) is 23.9 Å². The van der Waals surface area contributed by atoms with Crippen molar-refractivity contribution in [3.05, 3.63) is 12.2 Å². The first-order valence-corrected chi connectivity index (χ1v) is 6.01. The van der Waals surface area contributed by atoms with Crippen molar-refractivity contribution < 1.29 is 4.79 Å². The Morgan fingerprint density at radius 1 is 1.41 bits per heavy atom. The normalized spacial score (nSPS) is 12.1. The molecule has 1 rings (SSSR count). The molecule has 0 unspecified atom stereocenters. The molecule has 0 aliphatic carbocycles. The molecule has 0 saturated carbocycles. The Morgan fingerprint density at radius 3 is 2.35 bits per heavy atom. The maximum atomic E-state index is 12.5. The van der Waals surface area contributed by atoms with Crippen LogP contribution in [0.15, 0.2) is 6.33 Å². The van der Waals surface area contributed by atoms with Gasteiger partial charge in [0.2, 0.25) is 0 Å². The molecule has 0 amide bonds. The van der Waals surface area contributed by atoms with Gasteiger partial charge in [0.15, 0.2) is 5.78 Å². The molecule has 0 spiro atoms. The number of hydrogen-bond donors (Lipinski definition) is 0. The van der Waals surface area contributed by atoms with E-state index in [9.17, 15) is 4.79 Å². The fraction of sp³-hybridized carbons (Fsp3) is 0.750. The van der Waals surface area contributed by atoms with Crippen molar-refractivity contribution in [1.29, 1.82) is 0 Å². The Hall–Kier alpha value is -1.23. The predicted molar refractivity (Wildman–Crippen MR) is 66.7 cm³/mol. The van der Waals surface area contributed by atoms with E-state index in [4.69, 9.17) is 0 Å². The monoisotopic (exact) mass is 238 g/mol. The van der Waals surface area contributed by atoms with Crippen LogP contribution in [0.1, 0.15) is 32.5 Å². The number of nitrogens with zero attached hydrogens (tertiary/aromatic N) is 4. The Kier molecular flexibility index (Phi) is 4.40. The summed E-state index contributed by atoms with van der Waals surface area (Å²) in [4.78, 5) is 18.6. The smallest absolute Gasteiger partial charge is 0.160 e. The van der Waals surface area contributed by atoms with Crippen molar-refractivity contribution in [2.75, 3.05) is 14.1 Å². The lowest BCUT2D eigenvalue weighted by Gasteiger charge is -2.36.